The molecule has 0 saturated carbocycles. The number of nitrogens with two attached hydrogens (primary N) is 1. The molecule has 0 bridgehead atoms. The van der Waals surface area contributed by atoms with Gasteiger partial charge in [0.1, 0.15) is 0 Å². The molecule has 2 amide bonds. The predicted molar refractivity (Wildman–Crippen MR) is 89.8 cm³/mol. The average molecular weight is 305 g/mol. The molecule has 122 valence electrons. The van der Waals surface area contributed by atoms with Crippen molar-refractivity contribution in [2.24, 2.45) is 11.1 Å². The Labute approximate surface area is 132 Å². The van der Waals surface area contributed by atoms with E-state index < -0.39 is 5.41 Å². The van der Waals surface area contributed by atoms with Crippen molar-refractivity contribution in [3.8, 4) is 0 Å². The number of rotatable bonds is 8. The minimum Gasteiger partial charge on any atom is -0.352 e. The van der Waals surface area contributed by atoms with Crippen molar-refractivity contribution in [3.63, 3.8) is 0 Å². The van der Waals surface area contributed by atoms with E-state index in [1.165, 1.54) is 0 Å². The van der Waals surface area contributed by atoms with Gasteiger partial charge in [-0.25, -0.2) is 0 Å². The fourth-order valence-electron chi connectivity index (χ4n) is 2.29. The number of hydrogen-bond acceptors (Lipinski definition) is 3. The monoisotopic (exact) mass is 305 g/mol. The van der Waals surface area contributed by atoms with Crippen LogP contribution < -0.4 is 16.4 Å². The summed E-state index contributed by atoms with van der Waals surface area (Å²) in [5.41, 5.74) is 6.40. The summed E-state index contributed by atoms with van der Waals surface area (Å²) in [5.74, 6) is -0.222. The largest absolute Gasteiger partial charge is 0.352 e. The molecule has 0 radical (unpaired) electrons. The van der Waals surface area contributed by atoms with E-state index in [9.17, 15) is 9.59 Å². The van der Waals surface area contributed by atoms with Crippen LogP contribution in [0.25, 0.3) is 0 Å². The third-order valence-corrected chi connectivity index (χ3v) is 4.14. The van der Waals surface area contributed by atoms with Gasteiger partial charge in [-0.3, -0.25) is 9.59 Å². The molecular formula is C17H27N3O2. The lowest BCUT2D eigenvalue weighted by Crippen LogP contribution is -2.41. The molecule has 0 heterocycles. The highest BCUT2D eigenvalue weighted by Gasteiger charge is 2.33. The highest BCUT2D eigenvalue weighted by molar-refractivity contribution is 5.98. The second-order valence-electron chi connectivity index (χ2n) is 5.48. The molecule has 0 aromatic heterocycles. The molecule has 0 spiro atoms. The van der Waals surface area contributed by atoms with Gasteiger partial charge in [-0.2, -0.15) is 0 Å². The summed E-state index contributed by atoms with van der Waals surface area (Å²) in [6.07, 6.45) is 2.25. The number of carbonyl (C=O) groups is 2. The van der Waals surface area contributed by atoms with Crippen molar-refractivity contribution in [1.29, 1.82) is 0 Å². The lowest BCUT2D eigenvalue weighted by Gasteiger charge is -2.28. The van der Waals surface area contributed by atoms with Gasteiger partial charge in [0.15, 0.2) is 0 Å². The average Bonchev–Trinajstić information content (AvgIpc) is 2.55. The SMILES string of the molecule is CCCNC(=O)c1cccc(NC(=O)C(CC)(CC)CN)c1. The molecule has 22 heavy (non-hydrogen) atoms. The molecule has 0 fully saturated rings. The van der Waals surface area contributed by atoms with Crippen LogP contribution >= 0.6 is 0 Å². The third-order valence-electron chi connectivity index (χ3n) is 4.14. The molecule has 0 aliphatic heterocycles. The Morgan fingerprint density at radius 2 is 1.86 bits per heavy atom. The van der Waals surface area contributed by atoms with Gasteiger partial charge in [-0.1, -0.05) is 26.8 Å². The molecular weight excluding hydrogens is 278 g/mol. The Morgan fingerprint density at radius 1 is 1.18 bits per heavy atom. The second-order valence-corrected chi connectivity index (χ2v) is 5.48. The fourth-order valence-corrected chi connectivity index (χ4v) is 2.29. The number of hydrogen-bond donors (Lipinski definition) is 3. The molecule has 0 aliphatic carbocycles. The maximum absolute atomic E-state index is 12.5. The van der Waals surface area contributed by atoms with Crippen molar-refractivity contribution < 1.29 is 9.59 Å². The van der Waals surface area contributed by atoms with Crippen molar-refractivity contribution in [3.05, 3.63) is 29.8 Å². The third kappa shape index (κ3) is 4.31. The molecule has 1 rings (SSSR count). The zero-order valence-corrected chi connectivity index (χ0v) is 13.7. The van der Waals surface area contributed by atoms with Gasteiger partial charge >= 0.3 is 0 Å². The second kappa shape index (κ2) is 8.54. The Bertz CT molecular complexity index is 502. The highest BCUT2D eigenvalue weighted by atomic mass is 16.2. The molecule has 1 aromatic carbocycles. The summed E-state index contributed by atoms with van der Waals surface area (Å²) in [6.45, 7) is 6.87. The normalized spacial score (nSPS) is 11.1. The van der Waals surface area contributed by atoms with Crippen LogP contribution in [0.1, 0.15) is 50.4 Å². The maximum Gasteiger partial charge on any atom is 0.251 e. The first kappa shape index (κ1) is 18.2. The fraction of sp³-hybridized carbons (Fsp3) is 0.529. The maximum atomic E-state index is 12.5. The van der Waals surface area contributed by atoms with Gasteiger partial charge in [-0.15, -0.1) is 0 Å². The summed E-state index contributed by atoms with van der Waals surface area (Å²) < 4.78 is 0. The van der Waals surface area contributed by atoms with Crippen molar-refractivity contribution in [2.75, 3.05) is 18.4 Å². The molecule has 5 heteroatoms. The summed E-state index contributed by atoms with van der Waals surface area (Å²) in [7, 11) is 0. The molecule has 1 aromatic rings. The van der Waals surface area contributed by atoms with E-state index in [-0.39, 0.29) is 11.8 Å². The number of amides is 2. The number of anilines is 1. The van der Waals surface area contributed by atoms with Gasteiger partial charge < -0.3 is 16.4 Å². The molecule has 4 N–H and O–H groups in total. The number of carbonyl (C=O) groups excluding carboxylic acids is 2. The highest BCUT2D eigenvalue weighted by Crippen LogP contribution is 2.27. The van der Waals surface area contributed by atoms with E-state index in [4.69, 9.17) is 5.73 Å². The molecule has 5 nitrogen and oxygen atoms in total. The predicted octanol–water partition coefficient (Wildman–Crippen LogP) is 2.53. The van der Waals surface area contributed by atoms with Gasteiger partial charge in [0.25, 0.3) is 5.91 Å². The molecule has 0 unspecified atom stereocenters. The van der Waals surface area contributed by atoms with E-state index >= 15 is 0 Å². The van der Waals surface area contributed by atoms with E-state index in [1.54, 1.807) is 24.3 Å². The van der Waals surface area contributed by atoms with E-state index in [1.807, 2.05) is 20.8 Å². The first-order valence-electron chi connectivity index (χ1n) is 7.92. The summed E-state index contributed by atoms with van der Waals surface area (Å²) >= 11 is 0. The summed E-state index contributed by atoms with van der Waals surface area (Å²) in [5, 5.41) is 5.71. The molecule has 0 atom stereocenters. The van der Waals surface area contributed by atoms with Crippen LogP contribution in [0.15, 0.2) is 24.3 Å². The Kier molecular flexibility index (Phi) is 7.05. The topological polar surface area (TPSA) is 84.2 Å². The van der Waals surface area contributed by atoms with E-state index in [0.29, 0.717) is 37.2 Å². The molecule has 0 saturated heterocycles. The van der Waals surface area contributed by atoms with Crippen LogP contribution in [-0.2, 0) is 4.79 Å². The summed E-state index contributed by atoms with van der Waals surface area (Å²) in [6, 6.07) is 6.96. The summed E-state index contributed by atoms with van der Waals surface area (Å²) in [4.78, 5) is 24.5. The Balaban J connectivity index is 2.86. The van der Waals surface area contributed by atoms with Crippen LogP contribution in [0.4, 0.5) is 5.69 Å². The lowest BCUT2D eigenvalue weighted by atomic mass is 9.81. The number of nitrogens with one attached hydrogen (secondary N) is 2. The standard InChI is InChI=1S/C17H27N3O2/c1-4-10-19-15(21)13-8-7-9-14(11-13)20-16(22)17(5-2,6-3)12-18/h7-9,11H,4-6,10,12,18H2,1-3H3,(H,19,21)(H,20,22). The van der Waals surface area contributed by atoms with Crippen molar-refractivity contribution in [2.45, 2.75) is 40.0 Å². The Hall–Kier alpha value is -1.88. The number of benzene rings is 1. The van der Waals surface area contributed by atoms with E-state index in [0.717, 1.165) is 6.42 Å². The van der Waals surface area contributed by atoms with Crippen LogP contribution in [0.2, 0.25) is 0 Å². The van der Waals surface area contributed by atoms with Crippen LogP contribution in [0.5, 0.6) is 0 Å². The zero-order chi connectivity index (χ0) is 16.6. The van der Waals surface area contributed by atoms with Gasteiger partial charge in [0.05, 0.1) is 5.41 Å². The van der Waals surface area contributed by atoms with Crippen LogP contribution in [0.3, 0.4) is 0 Å². The van der Waals surface area contributed by atoms with Gasteiger partial charge in [-0.05, 0) is 37.5 Å². The van der Waals surface area contributed by atoms with Gasteiger partial charge in [0, 0.05) is 24.3 Å². The van der Waals surface area contributed by atoms with Crippen LogP contribution in [0, 0.1) is 5.41 Å². The lowest BCUT2D eigenvalue weighted by molar-refractivity contribution is -0.125. The smallest absolute Gasteiger partial charge is 0.251 e. The minimum atomic E-state index is -0.555. The Morgan fingerprint density at radius 3 is 2.41 bits per heavy atom. The van der Waals surface area contributed by atoms with Crippen molar-refractivity contribution in [1.82, 2.24) is 5.32 Å². The first-order chi connectivity index (χ1) is 10.5. The van der Waals surface area contributed by atoms with Gasteiger partial charge in [0.2, 0.25) is 5.91 Å². The minimum absolute atomic E-state index is 0.0916. The first-order valence-corrected chi connectivity index (χ1v) is 7.92. The quantitative estimate of drug-likeness (QED) is 0.690. The zero-order valence-electron chi connectivity index (χ0n) is 13.7. The molecule has 0 aliphatic rings. The van der Waals surface area contributed by atoms with Crippen molar-refractivity contribution >= 4 is 17.5 Å². The van der Waals surface area contributed by atoms with E-state index in [2.05, 4.69) is 10.6 Å². The van der Waals surface area contributed by atoms with Crippen LogP contribution in [-0.4, -0.2) is 24.9 Å².